The lowest BCUT2D eigenvalue weighted by atomic mass is 10.1. The number of rotatable bonds is 6. The summed E-state index contributed by atoms with van der Waals surface area (Å²) in [7, 11) is 0. The molecule has 0 spiro atoms. The molecule has 33 heavy (non-hydrogen) atoms. The zero-order chi connectivity index (χ0) is 22.9. The molecular weight excluding hydrogens is 424 g/mol. The molecule has 0 saturated carbocycles. The Bertz CT molecular complexity index is 1280. The molecule has 2 aromatic heterocycles. The van der Waals surface area contributed by atoms with E-state index in [1.807, 2.05) is 28.9 Å². The van der Waals surface area contributed by atoms with E-state index in [2.05, 4.69) is 33.5 Å². The van der Waals surface area contributed by atoms with Crippen LogP contribution in [0.25, 0.3) is 22.0 Å². The van der Waals surface area contributed by atoms with Gasteiger partial charge in [0.05, 0.1) is 17.9 Å². The zero-order valence-electron chi connectivity index (χ0n) is 18.3. The Hall–Kier alpha value is -3.55. The average Bonchev–Trinajstić information content (AvgIpc) is 3.55. The monoisotopic (exact) mass is 449 g/mol. The number of benzene rings is 2. The number of likely N-dealkylation sites (tertiary alicyclic amines) is 1. The van der Waals surface area contributed by atoms with Gasteiger partial charge in [-0.05, 0) is 55.0 Å². The normalized spacial score (nSPS) is 18.3. The van der Waals surface area contributed by atoms with Crippen LogP contribution in [0, 0.1) is 17.6 Å². The lowest BCUT2D eigenvalue weighted by molar-refractivity contribution is -0.131. The van der Waals surface area contributed by atoms with Crippen LogP contribution in [-0.4, -0.2) is 43.4 Å². The Morgan fingerprint density at radius 1 is 1.18 bits per heavy atom. The SMILES string of the molecule is C[C@@H]1C[C@H](Cn2ncc3cc(-c4cn[nH]c4)ccc32)CN1C(=O)CCc1cccc(F)c1F. The highest BCUT2D eigenvalue weighted by Gasteiger charge is 2.32. The smallest absolute Gasteiger partial charge is 0.223 e. The fourth-order valence-corrected chi connectivity index (χ4v) is 4.81. The summed E-state index contributed by atoms with van der Waals surface area (Å²) in [6, 6.07) is 10.4. The fraction of sp³-hybridized carbons (Fsp3) is 0.320. The summed E-state index contributed by atoms with van der Waals surface area (Å²) in [5.41, 5.74) is 3.41. The molecule has 1 amide bonds. The number of carbonyl (C=O) groups is 1. The first kappa shape index (κ1) is 21.3. The average molecular weight is 450 g/mol. The first-order chi connectivity index (χ1) is 16.0. The number of amides is 1. The molecule has 0 bridgehead atoms. The molecule has 1 fully saturated rings. The van der Waals surface area contributed by atoms with Crippen molar-refractivity contribution in [2.45, 2.75) is 38.8 Å². The van der Waals surface area contributed by atoms with Crippen molar-refractivity contribution in [3.8, 4) is 11.1 Å². The molecule has 1 aliphatic heterocycles. The van der Waals surface area contributed by atoms with Crippen LogP contribution in [0.15, 0.2) is 55.0 Å². The standard InChI is InChI=1S/C25H25F2N5O/c1-16-9-17(14-31(16)24(33)8-6-18-3-2-4-22(26)25(18)27)15-32-23-7-5-19(10-20(23)13-30-32)21-11-28-29-12-21/h2-5,7,10-13,16-17H,6,8-9,14-15H2,1H3,(H,28,29)/t16-,17+/m1/s1. The number of nitrogens with one attached hydrogen (secondary N) is 1. The highest BCUT2D eigenvalue weighted by Crippen LogP contribution is 2.28. The van der Waals surface area contributed by atoms with Crippen LogP contribution >= 0.6 is 0 Å². The zero-order valence-corrected chi connectivity index (χ0v) is 18.3. The van der Waals surface area contributed by atoms with Crippen molar-refractivity contribution in [2.24, 2.45) is 5.92 Å². The summed E-state index contributed by atoms with van der Waals surface area (Å²) < 4.78 is 29.3. The van der Waals surface area contributed by atoms with Crippen molar-refractivity contribution in [1.82, 2.24) is 24.9 Å². The Morgan fingerprint density at radius 3 is 2.88 bits per heavy atom. The first-order valence-electron chi connectivity index (χ1n) is 11.2. The number of fused-ring (bicyclic) bond motifs is 1. The van der Waals surface area contributed by atoms with Crippen molar-refractivity contribution in [1.29, 1.82) is 0 Å². The van der Waals surface area contributed by atoms with E-state index in [4.69, 9.17) is 0 Å². The minimum atomic E-state index is -0.877. The molecule has 0 radical (unpaired) electrons. The number of carbonyl (C=O) groups excluding carboxylic acids is 1. The van der Waals surface area contributed by atoms with E-state index in [1.54, 1.807) is 6.20 Å². The highest BCUT2D eigenvalue weighted by molar-refractivity contribution is 5.84. The van der Waals surface area contributed by atoms with Gasteiger partial charge in [0, 0.05) is 42.7 Å². The van der Waals surface area contributed by atoms with E-state index in [9.17, 15) is 13.6 Å². The number of nitrogens with zero attached hydrogens (tertiary/aromatic N) is 4. The van der Waals surface area contributed by atoms with Gasteiger partial charge in [0.25, 0.3) is 0 Å². The second kappa shape index (κ2) is 8.77. The molecule has 170 valence electrons. The van der Waals surface area contributed by atoms with Gasteiger partial charge >= 0.3 is 0 Å². The second-order valence-electron chi connectivity index (χ2n) is 8.80. The van der Waals surface area contributed by atoms with Crippen LogP contribution in [0.3, 0.4) is 0 Å². The third-order valence-corrected chi connectivity index (χ3v) is 6.53. The van der Waals surface area contributed by atoms with Crippen LogP contribution in [0.2, 0.25) is 0 Å². The number of halogens is 2. The predicted molar refractivity (Wildman–Crippen MR) is 121 cm³/mol. The molecule has 1 saturated heterocycles. The maximum atomic E-state index is 13.9. The number of hydrogen-bond acceptors (Lipinski definition) is 3. The van der Waals surface area contributed by atoms with Crippen LogP contribution < -0.4 is 0 Å². The fourth-order valence-electron chi connectivity index (χ4n) is 4.81. The van der Waals surface area contributed by atoms with E-state index in [-0.39, 0.29) is 36.3 Å². The lowest BCUT2D eigenvalue weighted by Crippen LogP contribution is -2.34. The van der Waals surface area contributed by atoms with Gasteiger partial charge in [-0.15, -0.1) is 0 Å². The van der Waals surface area contributed by atoms with Crippen molar-refractivity contribution in [3.05, 3.63) is 72.2 Å². The maximum absolute atomic E-state index is 13.9. The minimum Gasteiger partial charge on any atom is -0.340 e. The molecule has 0 unspecified atom stereocenters. The van der Waals surface area contributed by atoms with Crippen LogP contribution in [-0.2, 0) is 17.8 Å². The molecule has 4 aromatic rings. The molecule has 1 N–H and O–H groups in total. The Kier molecular flexibility index (Phi) is 5.66. The molecule has 8 heteroatoms. The van der Waals surface area contributed by atoms with Crippen molar-refractivity contribution in [2.75, 3.05) is 6.54 Å². The molecule has 3 heterocycles. The topological polar surface area (TPSA) is 66.8 Å². The third kappa shape index (κ3) is 4.25. The molecular formula is C25H25F2N5O. The molecule has 0 aliphatic carbocycles. The number of aromatic nitrogens is 4. The third-order valence-electron chi connectivity index (χ3n) is 6.53. The van der Waals surface area contributed by atoms with Crippen LogP contribution in [0.1, 0.15) is 25.3 Å². The Balaban J connectivity index is 1.23. The summed E-state index contributed by atoms with van der Waals surface area (Å²) in [4.78, 5) is 14.7. The Morgan fingerprint density at radius 2 is 2.06 bits per heavy atom. The molecule has 6 nitrogen and oxygen atoms in total. The van der Waals surface area contributed by atoms with Crippen LogP contribution in [0.5, 0.6) is 0 Å². The van der Waals surface area contributed by atoms with Gasteiger partial charge in [0.15, 0.2) is 11.6 Å². The lowest BCUT2D eigenvalue weighted by Gasteiger charge is -2.21. The number of aromatic amines is 1. The van der Waals surface area contributed by atoms with Gasteiger partial charge in [-0.3, -0.25) is 14.6 Å². The molecule has 2 aromatic carbocycles. The quantitative estimate of drug-likeness (QED) is 0.469. The van der Waals surface area contributed by atoms with E-state index in [0.29, 0.717) is 6.54 Å². The summed E-state index contributed by atoms with van der Waals surface area (Å²) in [6.07, 6.45) is 6.76. The summed E-state index contributed by atoms with van der Waals surface area (Å²) in [5, 5.41) is 12.5. The first-order valence-corrected chi connectivity index (χ1v) is 11.2. The van der Waals surface area contributed by atoms with Gasteiger partial charge in [-0.25, -0.2) is 8.78 Å². The molecule has 5 rings (SSSR count). The highest BCUT2D eigenvalue weighted by atomic mass is 19.2. The predicted octanol–water partition coefficient (Wildman–Crippen LogP) is 4.57. The summed E-state index contributed by atoms with van der Waals surface area (Å²) in [5.74, 6) is -1.48. The molecule has 2 atom stereocenters. The van der Waals surface area contributed by atoms with Gasteiger partial charge in [-0.1, -0.05) is 18.2 Å². The maximum Gasteiger partial charge on any atom is 0.223 e. The van der Waals surface area contributed by atoms with E-state index in [0.717, 1.165) is 41.1 Å². The molecule has 1 aliphatic rings. The Labute approximate surface area is 190 Å². The largest absolute Gasteiger partial charge is 0.340 e. The van der Waals surface area contributed by atoms with Gasteiger partial charge < -0.3 is 4.90 Å². The van der Waals surface area contributed by atoms with Gasteiger partial charge in [0.1, 0.15) is 0 Å². The van der Waals surface area contributed by atoms with Crippen molar-refractivity contribution >= 4 is 16.8 Å². The van der Waals surface area contributed by atoms with E-state index < -0.39 is 11.6 Å². The van der Waals surface area contributed by atoms with Crippen molar-refractivity contribution < 1.29 is 13.6 Å². The number of hydrogen-bond donors (Lipinski definition) is 1. The van der Waals surface area contributed by atoms with Gasteiger partial charge in [-0.2, -0.15) is 10.2 Å². The minimum absolute atomic E-state index is 0.0243. The number of H-pyrrole nitrogens is 1. The van der Waals surface area contributed by atoms with Crippen molar-refractivity contribution in [3.63, 3.8) is 0 Å². The summed E-state index contributed by atoms with van der Waals surface area (Å²) >= 11 is 0. The van der Waals surface area contributed by atoms with E-state index in [1.165, 1.54) is 12.1 Å². The van der Waals surface area contributed by atoms with Gasteiger partial charge in [0.2, 0.25) is 5.91 Å². The second-order valence-corrected chi connectivity index (χ2v) is 8.80. The summed E-state index contributed by atoms with van der Waals surface area (Å²) in [6.45, 7) is 3.40. The van der Waals surface area contributed by atoms with E-state index >= 15 is 0 Å². The number of aryl methyl sites for hydroxylation is 1. The van der Waals surface area contributed by atoms with Crippen LogP contribution in [0.4, 0.5) is 8.78 Å².